The number of piperidine rings is 1. The van der Waals surface area contributed by atoms with Gasteiger partial charge in [-0.05, 0) is 45.1 Å². The summed E-state index contributed by atoms with van der Waals surface area (Å²) in [6.45, 7) is 1.77. The van der Waals surface area contributed by atoms with Gasteiger partial charge >= 0.3 is 0 Å². The zero-order chi connectivity index (χ0) is 15.2. The third-order valence-corrected chi connectivity index (χ3v) is 3.87. The summed E-state index contributed by atoms with van der Waals surface area (Å²) >= 11 is 0. The zero-order valence-corrected chi connectivity index (χ0v) is 12.5. The monoisotopic (exact) mass is 287 g/mol. The smallest absolute Gasteiger partial charge is 0.273 e. The van der Waals surface area contributed by atoms with E-state index in [1.165, 1.54) is 0 Å². The molecule has 0 unspecified atom stereocenters. The van der Waals surface area contributed by atoms with E-state index in [1.54, 1.807) is 23.2 Å². The zero-order valence-electron chi connectivity index (χ0n) is 12.5. The van der Waals surface area contributed by atoms with Crippen molar-refractivity contribution in [1.29, 1.82) is 0 Å². The van der Waals surface area contributed by atoms with Crippen molar-refractivity contribution >= 4 is 5.91 Å². The SMILES string of the molecule is CN1CCC(N(C)C(=O)c2ncccc2C#CCO)CC1. The van der Waals surface area contributed by atoms with Crippen LogP contribution in [0.4, 0.5) is 0 Å². The number of aliphatic hydroxyl groups excluding tert-OH is 1. The van der Waals surface area contributed by atoms with Gasteiger partial charge in [-0.3, -0.25) is 4.79 Å². The van der Waals surface area contributed by atoms with E-state index in [9.17, 15) is 4.79 Å². The van der Waals surface area contributed by atoms with Crippen molar-refractivity contribution < 1.29 is 9.90 Å². The molecule has 1 amide bonds. The fourth-order valence-corrected chi connectivity index (χ4v) is 2.53. The molecule has 0 saturated carbocycles. The lowest BCUT2D eigenvalue weighted by atomic mass is 10.0. The minimum absolute atomic E-state index is 0.104. The van der Waals surface area contributed by atoms with E-state index >= 15 is 0 Å². The summed E-state index contributed by atoms with van der Waals surface area (Å²) in [5.74, 6) is 5.26. The lowest BCUT2D eigenvalue weighted by Gasteiger charge is -2.35. The molecule has 0 aromatic carbocycles. The standard InChI is InChI=1S/C16H21N3O2/c1-18-10-7-14(8-11-18)19(2)16(21)15-13(6-4-12-20)5-3-9-17-15/h3,5,9,14,20H,7-8,10-12H2,1-2H3. The molecule has 0 aliphatic carbocycles. The van der Waals surface area contributed by atoms with E-state index in [0.717, 1.165) is 25.9 Å². The van der Waals surface area contributed by atoms with Crippen LogP contribution in [-0.2, 0) is 0 Å². The molecule has 0 atom stereocenters. The van der Waals surface area contributed by atoms with Gasteiger partial charge in [0.25, 0.3) is 5.91 Å². The highest BCUT2D eigenvalue weighted by Crippen LogP contribution is 2.17. The predicted molar refractivity (Wildman–Crippen MR) is 80.8 cm³/mol. The molecule has 2 heterocycles. The van der Waals surface area contributed by atoms with Gasteiger partial charge in [0, 0.05) is 19.3 Å². The summed E-state index contributed by atoms with van der Waals surface area (Å²) < 4.78 is 0. The Morgan fingerprint density at radius 2 is 2.24 bits per heavy atom. The van der Waals surface area contributed by atoms with Gasteiger partial charge in [-0.2, -0.15) is 0 Å². The number of carbonyl (C=O) groups excluding carboxylic acids is 1. The first-order chi connectivity index (χ1) is 10.1. The van der Waals surface area contributed by atoms with E-state index in [2.05, 4.69) is 28.8 Å². The van der Waals surface area contributed by atoms with Gasteiger partial charge in [-0.15, -0.1) is 0 Å². The fraction of sp³-hybridized carbons (Fsp3) is 0.500. The average molecular weight is 287 g/mol. The van der Waals surface area contributed by atoms with Crippen LogP contribution in [0.1, 0.15) is 28.9 Å². The van der Waals surface area contributed by atoms with Crippen LogP contribution in [0.15, 0.2) is 18.3 Å². The summed E-state index contributed by atoms with van der Waals surface area (Å²) in [6, 6.07) is 3.74. The second-order valence-corrected chi connectivity index (χ2v) is 5.31. The Labute approximate surface area is 125 Å². The van der Waals surface area contributed by atoms with Crippen LogP contribution in [0.5, 0.6) is 0 Å². The van der Waals surface area contributed by atoms with Gasteiger partial charge in [0.05, 0.1) is 5.56 Å². The number of hydrogen-bond acceptors (Lipinski definition) is 4. The van der Waals surface area contributed by atoms with E-state index < -0.39 is 0 Å². The molecule has 112 valence electrons. The quantitative estimate of drug-likeness (QED) is 0.809. The first-order valence-electron chi connectivity index (χ1n) is 7.14. The second-order valence-electron chi connectivity index (χ2n) is 5.31. The van der Waals surface area contributed by atoms with E-state index in [0.29, 0.717) is 11.3 Å². The van der Waals surface area contributed by atoms with Crippen molar-refractivity contribution in [2.24, 2.45) is 0 Å². The molecular weight excluding hydrogens is 266 g/mol. The number of aromatic nitrogens is 1. The van der Waals surface area contributed by atoms with Crippen LogP contribution in [0.25, 0.3) is 0 Å². The second kappa shape index (κ2) is 7.21. The van der Waals surface area contributed by atoms with Crippen molar-refractivity contribution in [1.82, 2.24) is 14.8 Å². The Bertz CT molecular complexity index is 554. The number of likely N-dealkylation sites (tertiary alicyclic amines) is 1. The highest BCUT2D eigenvalue weighted by atomic mass is 16.2. The Morgan fingerprint density at radius 1 is 1.52 bits per heavy atom. The first kappa shape index (κ1) is 15.5. The topological polar surface area (TPSA) is 56.7 Å². The van der Waals surface area contributed by atoms with Crippen LogP contribution >= 0.6 is 0 Å². The summed E-state index contributed by atoms with van der Waals surface area (Å²) in [6.07, 6.45) is 3.55. The number of rotatable bonds is 2. The summed E-state index contributed by atoms with van der Waals surface area (Å²) in [4.78, 5) is 20.9. The lowest BCUT2D eigenvalue weighted by Crippen LogP contribution is -2.44. The number of carbonyl (C=O) groups is 1. The normalized spacial score (nSPS) is 16.1. The number of pyridine rings is 1. The Balaban J connectivity index is 2.16. The minimum atomic E-state index is -0.229. The molecule has 0 bridgehead atoms. The molecule has 2 rings (SSSR count). The Hall–Kier alpha value is -1.90. The van der Waals surface area contributed by atoms with Gasteiger partial charge in [0.2, 0.25) is 0 Å². The highest BCUT2D eigenvalue weighted by Gasteiger charge is 2.26. The van der Waals surface area contributed by atoms with Crippen molar-refractivity contribution in [2.75, 3.05) is 33.8 Å². The van der Waals surface area contributed by atoms with Crippen molar-refractivity contribution in [3.8, 4) is 11.8 Å². The van der Waals surface area contributed by atoms with Crippen LogP contribution in [0, 0.1) is 11.8 Å². The first-order valence-corrected chi connectivity index (χ1v) is 7.14. The van der Waals surface area contributed by atoms with Crippen molar-refractivity contribution in [2.45, 2.75) is 18.9 Å². The van der Waals surface area contributed by atoms with Gasteiger partial charge in [0.1, 0.15) is 12.3 Å². The average Bonchev–Trinajstić information content (AvgIpc) is 2.52. The number of nitrogens with zero attached hydrogens (tertiary/aromatic N) is 3. The molecule has 0 spiro atoms. The molecule has 5 nitrogen and oxygen atoms in total. The van der Waals surface area contributed by atoms with Crippen LogP contribution in [0.3, 0.4) is 0 Å². The van der Waals surface area contributed by atoms with E-state index in [4.69, 9.17) is 5.11 Å². The van der Waals surface area contributed by atoms with E-state index in [-0.39, 0.29) is 18.6 Å². The number of amides is 1. The molecule has 1 aromatic heterocycles. The molecule has 1 aliphatic rings. The molecule has 0 radical (unpaired) electrons. The summed E-state index contributed by atoms with van der Waals surface area (Å²) in [5.41, 5.74) is 0.927. The Morgan fingerprint density at radius 3 is 2.90 bits per heavy atom. The summed E-state index contributed by atoms with van der Waals surface area (Å²) in [5, 5.41) is 8.80. The van der Waals surface area contributed by atoms with Gasteiger partial charge in [-0.25, -0.2) is 4.98 Å². The third kappa shape index (κ3) is 3.81. The fourth-order valence-electron chi connectivity index (χ4n) is 2.53. The largest absolute Gasteiger partial charge is 0.384 e. The molecule has 1 fully saturated rings. The number of hydrogen-bond donors (Lipinski definition) is 1. The van der Waals surface area contributed by atoms with Crippen molar-refractivity contribution in [3.63, 3.8) is 0 Å². The maximum absolute atomic E-state index is 12.6. The van der Waals surface area contributed by atoms with Gasteiger partial charge in [-0.1, -0.05) is 11.8 Å². The molecule has 21 heavy (non-hydrogen) atoms. The van der Waals surface area contributed by atoms with Crippen molar-refractivity contribution in [3.05, 3.63) is 29.6 Å². The Kier molecular flexibility index (Phi) is 5.32. The van der Waals surface area contributed by atoms with E-state index in [1.807, 2.05) is 7.05 Å². The molecule has 1 aliphatic heterocycles. The molecule has 5 heteroatoms. The third-order valence-electron chi connectivity index (χ3n) is 3.87. The van der Waals surface area contributed by atoms with Gasteiger partial charge < -0.3 is 14.9 Å². The van der Waals surface area contributed by atoms with Crippen LogP contribution in [-0.4, -0.2) is 65.6 Å². The van der Waals surface area contributed by atoms with Gasteiger partial charge in [0.15, 0.2) is 0 Å². The maximum Gasteiger partial charge on any atom is 0.273 e. The minimum Gasteiger partial charge on any atom is -0.384 e. The molecule has 1 saturated heterocycles. The molecule has 1 aromatic rings. The molecule has 1 N–H and O–H groups in total. The lowest BCUT2D eigenvalue weighted by molar-refractivity contribution is 0.0653. The van der Waals surface area contributed by atoms with Crippen LogP contribution < -0.4 is 0 Å². The highest BCUT2D eigenvalue weighted by molar-refractivity contribution is 5.94. The number of aliphatic hydroxyl groups is 1. The molecular formula is C16H21N3O2. The summed E-state index contributed by atoms with van der Waals surface area (Å²) in [7, 11) is 3.93. The van der Waals surface area contributed by atoms with Crippen LogP contribution in [0.2, 0.25) is 0 Å². The maximum atomic E-state index is 12.6. The predicted octanol–water partition coefficient (Wildman–Crippen LogP) is 0.592.